The zero-order chi connectivity index (χ0) is 13.0. The smallest absolute Gasteiger partial charge is 0.251 e. The summed E-state index contributed by atoms with van der Waals surface area (Å²) in [7, 11) is 0. The van der Waals surface area contributed by atoms with Crippen LogP contribution in [0.4, 0.5) is 0 Å². The molecule has 1 aromatic carbocycles. The third-order valence-electron chi connectivity index (χ3n) is 3.90. The molecule has 0 aromatic heterocycles. The number of carbonyl (C=O) groups is 1. The lowest BCUT2D eigenvalue weighted by Crippen LogP contribution is -2.52. The lowest BCUT2D eigenvalue weighted by Gasteiger charge is -2.39. The molecule has 18 heavy (non-hydrogen) atoms. The Bertz CT molecular complexity index is 396. The molecule has 0 bridgehead atoms. The summed E-state index contributed by atoms with van der Waals surface area (Å²) in [6.45, 7) is 2.29. The van der Waals surface area contributed by atoms with Gasteiger partial charge in [-0.2, -0.15) is 0 Å². The average Bonchev–Trinajstić information content (AvgIpc) is 2.43. The number of halogens is 1. The molecule has 1 aliphatic carbocycles. The summed E-state index contributed by atoms with van der Waals surface area (Å²) in [5.74, 6) is 0.829. The maximum Gasteiger partial charge on any atom is 0.251 e. The van der Waals surface area contributed by atoms with E-state index in [-0.39, 0.29) is 11.4 Å². The van der Waals surface area contributed by atoms with Gasteiger partial charge >= 0.3 is 0 Å². The molecule has 0 saturated heterocycles. The topological polar surface area (TPSA) is 29.1 Å². The number of nitrogens with one attached hydrogen (secondary N) is 1. The highest BCUT2D eigenvalue weighted by Crippen LogP contribution is 2.33. The first-order valence-electron chi connectivity index (χ1n) is 6.59. The molecule has 0 unspecified atom stereocenters. The first-order chi connectivity index (χ1) is 8.65. The van der Waals surface area contributed by atoms with Crippen molar-refractivity contribution >= 4 is 21.8 Å². The number of carbonyl (C=O) groups excluding carboxylic acids is 1. The number of hydrogen-bond acceptors (Lipinski definition) is 1. The van der Waals surface area contributed by atoms with Gasteiger partial charge in [0.1, 0.15) is 0 Å². The summed E-state index contributed by atoms with van der Waals surface area (Å²) < 4.78 is 0. The highest BCUT2D eigenvalue weighted by atomic mass is 79.9. The van der Waals surface area contributed by atoms with Crippen LogP contribution in [-0.4, -0.2) is 16.8 Å². The van der Waals surface area contributed by atoms with Crippen LogP contribution in [0.3, 0.4) is 0 Å². The van der Waals surface area contributed by atoms with E-state index in [1.807, 2.05) is 30.3 Å². The molecule has 1 fully saturated rings. The molecule has 0 atom stereocenters. The predicted octanol–water partition coefficient (Wildman–Crippen LogP) is 3.76. The van der Waals surface area contributed by atoms with Crippen molar-refractivity contribution in [1.29, 1.82) is 0 Å². The van der Waals surface area contributed by atoms with E-state index in [1.165, 1.54) is 12.8 Å². The van der Waals surface area contributed by atoms with Crippen molar-refractivity contribution in [2.75, 3.05) is 5.33 Å². The van der Waals surface area contributed by atoms with Crippen LogP contribution in [0.25, 0.3) is 0 Å². The highest BCUT2D eigenvalue weighted by molar-refractivity contribution is 9.09. The largest absolute Gasteiger partial charge is 0.346 e. The van der Waals surface area contributed by atoms with Crippen LogP contribution in [0.5, 0.6) is 0 Å². The second kappa shape index (κ2) is 5.87. The van der Waals surface area contributed by atoms with Gasteiger partial charge in [0.25, 0.3) is 5.91 Å². The first kappa shape index (κ1) is 13.6. The van der Waals surface area contributed by atoms with Gasteiger partial charge in [-0.3, -0.25) is 4.79 Å². The predicted molar refractivity (Wildman–Crippen MR) is 78.1 cm³/mol. The van der Waals surface area contributed by atoms with Gasteiger partial charge in [-0.25, -0.2) is 0 Å². The molecule has 0 radical (unpaired) electrons. The molecule has 0 aliphatic heterocycles. The summed E-state index contributed by atoms with van der Waals surface area (Å²) in [6, 6.07) is 9.46. The number of alkyl halides is 1. The molecular formula is C15H20BrNO. The van der Waals surface area contributed by atoms with Crippen molar-refractivity contribution < 1.29 is 4.79 Å². The lowest BCUT2D eigenvalue weighted by atomic mass is 9.78. The summed E-state index contributed by atoms with van der Waals surface area (Å²) in [5, 5.41) is 4.07. The van der Waals surface area contributed by atoms with Gasteiger partial charge in [0, 0.05) is 10.9 Å². The molecule has 2 nitrogen and oxygen atoms in total. The van der Waals surface area contributed by atoms with Gasteiger partial charge in [0.05, 0.1) is 5.54 Å². The minimum atomic E-state index is -0.0561. The molecular weight excluding hydrogens is 290 g/mol. The van der Waals surface area contributed by atoms with Crippen molar-refractivity contribution in [3.63, 3.8) is 0 Å². The molecule has 3 heteroatoms. The Labute approximate surface area is 117 Å². The average molecular weight is 310 g/mol. The van der Waals surface area contributed by atoms with E-state index in [4.69, 9.17) is 0 Å². The Morgan fingerprint density at radius 2 is 1.94 bits per heavy atom. The fraction of sp³-hybridized carbons (Fsp3) is 0.533. The van der Waals surface area contributed by atoms with Gasteiger partial charge in [-0.1, -0.05) is 41.1 Å². The van der Waals surface area contributed by atoms with Crippen molar-refractivity contribution in [1.82, 2.24) is 5.32 Å². The van der Waals surface area contributed by atoms with E-state index >= 15 is 0 Å². The van der Waals surface area contributed by atoms with Crippen LogP contribution in [0.2, 0.25) is 0 Å². The zero-order valence-corrected chi connectivity index (χ0v) is 12.4. The van der Waals surface area contributed by atoms with Gasteiger partial charge in [0.2, 0.25) is 0 Å². The minimum absolute atomic E-state index is 0.0459. The normalized spacial score (nSPS) is 27.8. The molecule has 0 heterocycles. The maximum atomic E-state index is 12.2. The molecule has 1 aliphatic rings. The summed E-state index contributed by atoms with van der Waals surface area (Å²) in [6.07, 6.45) is 4.53. The monoisotopic (exact) mass is 309 g/mol. The van der Waals surface area contributed by atoms with E-state index in [0.29, 0.717) is 0 Å². The standard InChI is InChI=1S/C15H20BrNO/c1-12-7-9-15(11-16,10-8-12)17-14(18)13-5-3-2-4-6-13/h2-6,12H,7-11H2,1H3,(H,17,18). The minimum Gasteiger partial charge on any atom is -0.346 e. The fourth-order valence-electron chi connectivity index (χ4n) is 2.51. The van der Waals surface area contributed by atoms with E-state index in [2.05, 4.69) is 28.2 Å². The van der Waals surface area contributed by atoms with Crippen molar-refractivity contribution in [3.05, 3.63) is 35.9 Å². The Morgan fingerprint density at radius 3 is 2.50 bits per heavy atom. The zero-order valence-electron chi connectivity index (χ0n) is 10.8. The van der Waals surface area contributed by atoms with Gasteiger partial charge < -0.3 is 5.32 Å². The van der Waals surface area contributed by atoms with Gasteiger partial charge in [-0.05, 0) is 43.7 Å². The van der Waals surface area contributed by atoms with Gasteiger partial charge in [-0.15, -0.1) is 0 Å². The Morgan fingerprint density at radius 1 is 1.33 bits per heavy atom. The number of amides is 1. The Balaban J connectivity index is 2.05. The molecule has 98 valence electrons. The molecule has 1 aromatic rings. The molecule has 1 saturated carbocycles. The third kappa shape index (κ3) is 3.14. The van der Waals surface area contributed by atoms with Crippen LogP contribution >= 0.6 is 15.9 Å². The summed E-state index contributed by atoms with van der Waals surface area (Å²) in [5.41, 5.74) is 0.691. The molecule has 1 amide bonds. The second-order valence-electron chi connectivity index (χ2n) is 5.42. The maximum absolute atomic E-state index is 12.2. The van der Waals surface area contributed by atoms with Crippen molar-refractivity contribution in [2.45, 2.75) is 38.1 Å². The molecule has 2 rings (SSSR count). The lowest BCUT2D eigenvalue weighted by molar-refractivity contribution is 0.0874. The number of hydrogen-bond donors (Lipinski definition) is 1. The van der Waals surface area contributed by atoms with Crippen LogP contribution < -0.4 is 5.32 Å². The molecule has 0 spiro atoms. The van der Waals surface area contributed by atoms with E-state index < -0.39 is 0 Å². The van der Waals surface area contributed by atoms with Crippen molar-refractivity contribution in [2.24, 2.45) is 5.92 Å². The van der Waals surface area contributed by atoms with Crippen LogP contribution in [0, 0.1) is 5.92 Å². The number of rotatable bonds is 3. The van der Waals surface area contributed by atoms with E-state index in [1.54, 1.807) is 0 Å². The Kier molecular flexibility index (Phi) is 4.44. The fourth-order valence-corrected chi connectivity index (χ4v) is 3.21. The van der Waals surface area contributed by atoms with Crippen LogP contribution in [0.1, 0.15) is 43.0 Å². The van der Waals surface area contributed by atoms with E-state index in [9.17, 15) is 4.79 Å². The highest BCUT2D eigenvalue weighted by Gasteiger charge is 2.34. The van der Waals surface area contributed by atoms with Crippen LogP contribution in [0.15, 0.2) is 30.3 Å². The SMILES string of the molecule is CC1CCC(CBr)(NC(=O)c2ccccc2)CC1. The molecule has 1 N–H and O–H groups in total. The van der Waals surface area contributed by atoms with E-state index in [0.717, 1.165) is 29.7 Å². The summed E-state index contributed by atoms with van der Waals surface area (Å²) >= 11 is 3.57. The van der Waals surface area contributed by atoms with Crippen molar-refractivity contribution in [3.8, 4) is 0 Å². The first-order valence-corrected chi connectivity index (χ1v) is 7.71. The van der Waals surface area contributed by atoms with Crippen LogP contribution in [-0.2, 0) is 0 Å². The van der Waals surface area contributed by atoms with Gasteiger partial charge in [0.15, 0.2) is 0 Å². The quantitative estimate of drug-likeness (QED) is 0.846. The third-order valence-corrected chi connectivity index (χ3v) is 4.98. The summed E-state index contributed by atoms with van der Waals surface area (Å²) in [4.78, 5) is 12.2. The second-order valence-corrected chi connectivity index (χ2v) is 5.98. The number of benzene rings is 1. The Hall–Kier alpha value is -0.830.